The van der Waals surface area contributed by atoms with Gasteiger partial charge in [0.25, 0.3) is 0 Å². The molecule has 5 heteroatoms. The fourth-order valence-electron chi connectivity index (χ4n) is 2.27. The molecule has 3 aromatic rings. The first-order chi connectivity index (χ1) is 11.3. The molecule has 1 aromatic heterocycles. The third kappa shape index (κ3) is 3.54. The van der Waals surface area contributed by atoms with Gasteiger partial charge in [0.2, 0.25) is 0 Å². The van der Waals surface area contributed by atoms with Crippen molar-refractivity contribution in [2.45, 2.75) is 0 Å². The molecule has 0 fully saturated rings. The van der Waals surface area contributed by atoms with Gasteiger partial charge >= 0.3 is 140 Å². The monoisotopic (exact) mass is 368 g/mol. The Labute approximate surface area is 140 Å². The number of aromatic nitrogens is 2. The molecule has 0 radical (unpaired) electrons. The van der Waals surface area contributed by atoms with Crippen molar-refractivity contribution in [3.05, 3.63) is 66.7 Å². The average Bonchev–Trinajstić information content (AvgIpc) is 2.63. The van der Waals surface area contributed by atoms with Crippen LogP contribution >= 0.6 is 0 Å². The Morgan fingerprint density at radius 2 is 1.30 bits per heavy atom. The summed E-state index contributed by atoms with van der Waals surface area (Å²) in [6.45, 7) is 0. The van der Waals surface area contributed by atoms with Gasteiger partial charge in [-0.3, -0.25) is 0 Å². The van der Waals surface area contributed by atoms with Crippen LogP contribution in [0.3, 0.4) is 0 Å². The van der Waals surface area contributed by atoms with Gasteiger partial charge in [0.15, 0.2) is 0 Å². The second-order valence-electron chi connectivity index (χ2n) is 4.76. The Morgan fingerprint density at radius 3 is 1.78 bits per heavy atom. The van der Waals surface area contributed by atoms with E-state index in [1.54, 1.807) is 14.2 Å². The molecule has 2 aromatic carbocycles. The molecule has 23 heavy (non-hydrogen) atoms. The number of methoxy groups -OCH3 is 2. The summed E-state index contributed by atoms with van der Waals surface area (Å²) in [6.07, 6.45) is 0. The van der Waals surface area contributed by atoms with Crippen LogP contribution in [0.5, 0.6) is 11.9 Å². The number of hydrogen-bond acceptors (Lipinski definition) is 4. The van der Waals surface area contributed by atoms with Gasteiger partial charge in [-0.2, -0.15) is 0 Å². The fourth-order valence-corrected chi connectivity index (χ4v) is 6.87. The standard InChI is InChI=1S/C18H17AsN2O2/c1-22-17-13-16(20-18(21-17)23-2)19(14-9-5-3-6-10-14)15-11-7-4-8-12-15/h3-13H,1-2H3. The predicted octanol–water partition coefficient (Wildman–Crippen LogP) is 1.01. The first-order valence-electron chi connectivity index (χ1n) is 7.19. The first-order valence-corrected chi connectivity index (χ1v) is 10.0. The van der Waals surface area contributed by atoms with Crippen molar-refractivity contribution in [2.24, 2.45) is 0 Å². The van der Waals surface area contributed by atoms with E-state index in [2.05, 4.69) is 58.5 Å². The summed E-state index contributed by atoms with van der Waals surface area (Å²) >= 11 is -1.79. The van der Waals surface area contributed by atoms with Crippen LogP contribution in [0.25, 0.3) is 0 Å². The summed E-state index contributed by atoms with van der Waals surface area (Å²) < 4.78 is 14.1. The van der Waals surface area contributed by atoms with Crippen molar-refractivity contribution >= 4 is 27.8 Å². The van der Waals surface area contributed by atoms with Crippen LogP contribution in [-0.2, 0) is 0 Å². The van der Waals surface area contributed by atoms with Gasteiger partial charge < -0.3 is 0 Å². The van der Waals surface area contributed by atoms with E-state index in [4.69, 9.17) is 9.47 Å². The van der Waals surface area contributed by atoms with Crippen LogP contribution in [0.2, 0.25) is 0 Å². The molecular weight excluding hydrogens is 351 g/mol. The molecule has 0 spiro atoms. The number of nitrogens with zero attached hydrogens (tertiary/aromatic N) is 2. The molecule has 3 rings (SSSR count). The molecule has 0 aliphatic carbocycles. The van der Waals surface area contributed by atoms with Crippen molar-refractivity contribution in [2.75, 3.05) is 14.2 Å². The zero-order valence-electron chi connectivity index (χ0n) is 13.0. The number of hydrogen-bond donors (Lipinski definition) is 0. The molecule has 0 atom stereocenters. The van der Waals surface area contributed by atoms with Gasteiger partial charge in [0.1, 0.15) is 0 Å². The Morgan fingerprint density at radius 1 is 0.739 bits per heavy atom. The van der Waals surface area contributed by atoms with Crippen LogP contribution in [0.15, 0.2) is 66.7 Å². The van der Waals surface area contributed by atoms with Crippen LogP contribution in [-0.4, -0.2) is 38.8 Å². The Hall–Kier alpha value is -2.32. The van der Waals surface area contributed by atoms with E-state index in [9.17, 15) is 0 Å². The third-order valence-corrected chi connectivity index (χ3v) is 8.18. The molecule has 0 saturated carbocycles. The summed E-state index contributed by atoms with van der Waals surface area (Å²) in [6, 6.07) is 23.2. The van der Waals surface area contributed by atoms with Crippen molar-refractivity contribution in [1.29, 1.82) is 0 Å². The molecule has 0 bridgehead atoms. The molecule has 0 aliphatic heterocycles. The van der Waals surface area contributed by atoms with E-state index >= 15 is 0 Å². The summed E-state index contributed by atoms with van der Waals surface area (Å²) in [5.41, 5.74) is 0. The van der Waals surface area contributed by atoms with Crippen LogP contribution in [0.4, 0.5) is 0 Å². The van der Waals surface area contributed by atoms with E-state index in [-0.39, 0.29) is 0 Å². The quantitative estimate of drug-likeness (QED) is 0.631. The van der Waals surface area contributed by atoms with Crippen molar-refractivity contribution in [3.63, 3.8) is 0 Å². The third-order valence-electron chi connectivity index (χ3n) is 3.32. The summed E-state index contributed by atoms with van der Waals surface area (Å²) in [5.74, 6) is 0.526. The predicted molar refractivity (Wildman–Crippen MR) is 92.7 cm³/mol. The molecule has 116 valence electrons. The van der Waals surface area contributed by atoms with E-state index in [0.29, 0.717) is 11.9 Å². The van der Waals surface area contributed by atoms with E-state index in [1.807, 2.05) is 18.2 Å². The van der Waals surface area contributed by atoms with Crippen LogP contribution in [0, 0.1) is 0 Å². The van der Waals surface area contributed by atoms with Gasteiger partial charge in [-0.1, -0.05) is 0 Å². The van der Waals surface area contributed by atoms with E-state index in [1.165, 1.54) is 8.70 Å². The number of benzene rings is 2. The minimum absolute atomic E-state index is 0.339. The van der Waals surface area contributed by atoms with Crippen LogP contribution in [0.1, 0.15) is 0 Å². The Kier molecular flexibility index (Phi) is 4.94. The topological polar surface area (TPSA) is 44.2 Å². The number of rotatable bonds is 5. The average molecular weight is 368 g/mol. The maximum atomic E-state index is 5.31. The summed E-state index contributed by atoms with van der Waals surface area (Å²) in [5, 5.41) is 0. The van der Waals surface area contributed by atoms with Crippen molar-refractivity contribution in [1.82, 2.24) is 9.97 Å². The van der Waals surface area contributed by atoms with Gasteiger partial charge in [0.05, 0.1) is 0 Å². The zero-order valence-corrected chi connectivity index (χ0v) is 14.9. The summed E-state index contributed by atoms with van der Waals surface area (Å²) in [4.78, 5) is 8.81. The molecule has 0 aliphatic rings. The van der Waals surface area contributed by atoms with Gasteiger partial charge in [-0.25, -0.2) is 0 Å². The fraction of sp³-hybridized carbons (Fsp3) is 0.111. The second-order valence-corrected chi connectivity index (χ2v) is 9.30. The maximum absolute atomic E-state index is 5.31. The molecule has 0 N–H and O–H groups in total. The normalized spacial score (nSPS) is 10.6. The second kappa shape index (κ2) is 7.29. The molecule has 1 heterocycles. The van der Waals surface area contributed by atoms with Gasteiger partial charge in [-0.05, 0) is 0 Å². The molecule has 4 nitrogen and oxygen atoms in total. The molecule has 0 amide bonds. The van der Waals surface area contributed by atoms with Gasteiger partial charge in [0, 0.05) is 0 Å². The van der Waals surface area contributed by atoms with E-state index in [0.717, 1.165) is 4.48 Å². The first kappa shape index (κ1) is 15.6. The van der Waals surface area contributed by atoms with Crippen molar-refractivity contribution < 1.29 is 9.47 Å². The Balaban J connectivity index is 2.16. The molecular formula is C18H17AsN2O2. The van der Waals surface area contributed by atoms with E-state index < -0.39 is 14.7 Å². The number of ether oxygens (including phenoxy) is 2. The Bertz CT molecular complexity index is 705. The van der Waals surface area contributed by atoms with Crippen molar-refractivity contribution in [3.8, 4) is 11.9 Å². The van der Waals surface area contributed by atoms with Crippen LogP contribution < -0.4 is 22.7 Å². The SMILES string of the molecule is COc1cc([As](c2ccccc2)c2ccccc2)nc(OC)n1. The summed E-state index contributed by atoms with van der Waals surface area (Å²) in [7, 11) is 3.18. The molecule has 0 unspecified atom stereocenters. The minimum atomic E-state index is -1.79. The van der Waals surface area contributed by atoms with Gasteiger partial charge in [-0.15, -0.1) is 0 Å². The molecule has 0 saturated heterocycles. The zero-order chi connectivity index (χ0) is 16.1.